The second kappa shape index (κ2) is 7.20. The lowest BCUT2D eigenvalue weighted by Crippen LogP contribution is -1.99. The van der Waals surface area contributed by atoms with Gasteiger partial charge in [0.2, 0.25) is 0 Å². The fourth-order valence-corrected chi connectivity index (χ4v) is 3.29. The van der Waals surface area contributed by atoms with Crippen LogP contribution in [0.5, 0.6) is 5.75 Å². The maximum atomic E-state index is 5.66. The molecule has 0 atom stereocenters. The van der Waals surface area contributed by atoms with Crippen molar-refractivity contribution in [3.8, 4) is 17.0 Å². The fraction of sp³-hybridized carbons (Fsp3) is 0.263. The molecule has 3 aromatic rings. The van der Waals surface area contributed by atoms with Crippen LogP contribution in [-0.4, -0.2) is 18.6 Å². The predicted molar refractivity (Wildman–Crippen MR) is 100.0 cm³/mol. The topological polar surface area (TPSA) is 51.0 Å². The lowest BCUT2D eigenvalue weighted by atomic mass is 10.0. The molecule has 0 radical (unpaired) electrons. The van der Waals surface area contributed by atoms with Gasteiger partial charge in [-0.15, -0.1) is 0 Å². The van der Waals surface area contributed by atoms with Crippen LogP contribution in [-0.2, 0) is 6.42 Å². The molecule has 3 nitrogen and oxygen atoms in total. The Morgan fingerprint density at radius 2 is 1.87 bits per heavy atom. The van der Waals surface area contributed by atoms with Crippen molar-refractivity contribution in [3.05, 3.63) is 52.5 Å². The van der Waals surface area contributed by atoms with Gasteiger partial charge in [-0.05, 0) is 79.4 Å². The molecule has 1 heterocycles. The SMILES string of the molecule is COc1ccc(-c2[nH]c3ccc(Br)cc3c2CCCCN)cc1. The fourth-order valence-electron chi connectivity index (χ4n) is 2.93. The van der Waals surface area contributed by atoms with Crippen LogP contribution in [0.3, 0.4) is 0 Å². The molecule has 23 heavy (non-hydrogen) atoms. The van der Waals surface area contributed by atoms with Gasteiger partial charge in [0, 0.05) is 21.1 Å². The number of fused-ring (bicyclic) bond motifs is 1. The summed E-state index contributed by atoms with van der Waals surface area (Å²) in [6.45, 7) is 0.740. The van der Waals surface area contributed by atoms with Crippen LogP contribution in [0.4, 0.5) is 0 Å². The van der Waals surface area contributed by atoms with Gasteiger partial charge in [-0.2, -0.15) is 0 Å². The minimum atomic E-state index is 0.740. The van der Waals surface area contributed by atoms with E-state index in [2.05, 4.69) is 51.2 Å². The number of aryl methyl sites for hydroxylation is 1. The third-order valence-electron chi connectivity index (χ3n) is 4.13. The van der Waals surface area contributed by atoms with Gasteiger partial charge in [0.25, 0.3) is 0 Å². The molecule has 0 fully saturated rings. The third kappa shape index (κ3) is 3.43. The van der Waals surface area contributed by atoms with E-state index in [9.17, 15) is 0 Å². The van der Waals surface area contributed by atoms with E-state index in [0.29, 0.717) is 0 Å². The summed E-state index contributed by atoms with van der Waals surface area (Å²) in [5.74, 6) is 0.872. The first-order chi connectivity index (χ1) is 11.2. The molecule has 3 N–H and O–H groups in total. The molecule has 4 heteroatoms. The van der Waals surface area contributed by atoms with Gasteiger partial charge in [-0.25, -0.2) is 0 Å². The van der Waals surface area contributed by atoms with E-state index in [4.69, 9.17) is 10.5 Å². The Labute approximate surface area is 145 Å². The monoisotopic (exact) mass is 372 g/mol. The average molecular weight is 373 g/mol. The quantitative estimate of drug-likeness (QED) is 0.605. The Bertz CT molecular complexity index is 793. The molecule has 0 amide bonds. The maximum Gasteiger partial charge on any atom is 0.118 e. The van der Waals surface area contributed by atoms with E-state index < -0.39 is 0 Å². The summed E-state index contributed by atoms with van der Waals surface area (Å²) in [5, 5.41) is 1.28. The zero-order valence-electron chi connectivity index (χ0n) is 13.2. The van der Waals surface area contributed by atoms with Gasteiger partial charge in [0.1, 0.15) is 5.75 Å². The van der Waals surface area contributed by atoms with Gasteiger partial charge in [0.15, 0.2) is 0 Å². The molecule has 3 rings (SSSR count). The summed E-state index contributed by atoms with van der Waals surface area (Å²) in [6.07, 6.45) is 3.16. The van der Waals surface area contributed by atoms with Crippen molar-refractivity contribution < 1.29 is 4.74 Å². The zero-order valence-corrected chi connectivity index (χ0v) is 14.8. The number of ether oxygens (including phenoxy) is 1. The number of methoxy groups -OCH3 is 1. The maximum absolute atomic E-state index is 5.66. The molecule has 120 valence electrons. The van der Waals surface area contributed by atoms with Crippen LogP contribution in [0, 0.1) is 0 Å². The molecule has 2 aromatic carbocycles. The van der Waals surface area contributed by atoms with Crippen molar-refractivity contribution in [1.82, 2.24) is 4.98 Å². The Kier molecular flexibility index (Phi) is 5.03. The van der Waals surface area contributed by atoms with Gasteiger partial charge in [-0.3, -0.25) is 0 Å². The molecule has 0 aliphatic rings. The zero-order chi connectivity index (χ0) is 16.2. The average Bonchev–Trinajstić information content (AvgIpc) is 2.93. The Morgan fingerprint density at radius 3 is 2.57 bits per heavy atom. The number of rotatable bonds is 6. The number of nitrogens with one attached hydrogen (secondary N) is 1. The Balaban J connectivity index is 2.07. The number of nitrogens with two attached hydrogens (primary N) is 1. The van der Waals surface area contributed by atoms with Crippen LogP contribution in [0.15, 0.2) is 46.9 Å². The van der Waals surface area contributed by atoms with Gasteiger partial charge >= 0.3 is 0 Å². The highest BCUT2D eigenvalue weighted by Gasteiger charge is 2.13. The summed E-state index contributed by atoms with van der Waals surface area (Å²) in [7, 11) is 1.69. The molecule has 0 aliphatic heterocycles. The Hall–Kier alpha value is -1.78. The van der Waals surface area contributed by atoms with Crippen LogP contribution < -0.4 is 10.5 Å². The van der Waals surface area contributed by atoms with Crippen molar-refractivity contribution in [2.45, 2.75) is 19.3 Å². The van der Waals surface area contributed by atoms with Gasteiger partial charge < -0.3 is 15.5 Å². The molecule has 0 aliphatic carbocycles. The molecule has 1 aromatic heterocycles. The molecular weight excluding hydrogens is 352 g/mol. The molecule has 0 spiro atoms. The number of hydrogen-bond acceptors (Lipinski definition) is 2. The first-order valence-electron chi connectivity index (χ1n) is 7.87. The number of hydrogen-bond donors (Lipinski definition) is 2. The number of halogens is 1. The van der Waals surface area contributed by atoms with Crippen molar-refractivity contribution >= 4 is 26.8 Å². The number of aromatic nitrogens is 1. The summed E-state index contributed by atoms with van der Waals surface area (Å²) in [4.78, 5) is 3.58. The van der Waals surface area contributed by atoms with Crippen molar-refractivity contribution in [2.75, 3.05) is 13.7 Å². The lowest BCUT2D eigenvalue weighted by Gasteiger charge is -2.06. The van der Waals surface area contributed by atoms with Gasteiger partial charge in [-0.1, -0.05) is 15.9 Å². The van der Waals surface area contributed by atoms with Crippen LogP contribution in [0.25, 0.3) is 22.2 Å². The molecule has 0 saturated heterocycles. The third-order valence-corrected chi connectivity index (χ3v) is 4.62. The van der Waals surface area contributed by atoms with Crippen LogP contribution in [0.2, 0.25) is 0 Å². The van der Waals surface area contributed by atoms with E-state index in [0.717, 1.165) is 36.0 Å². The highest BCUT2D eigenvalue weighted by molar-refractivity contribution is 9.10. The predicted octanol–water partition coefficient (Wildman–Crippen LogP) is 4.89. The van der Waals surface area contributed by atoms with Crippen molar-refractivity contribution in [1.29, 1.82) is 0 Å². The van der Waals surface area contributed by atoms with Crippen LogP contribution in [0.1, 0.15) is 18.4 Å². The summed E-state index contributed by atoms with van der Waals surface area (Å²) >= 11 is 3.58. The number of aromatic amines is 1. The molecule has 0 unspecified atom stereocenters. The standard InChI is InChI=1S/C19H21BrN2O/c1-23-15-8-5-13(6-9-15)19-16(4-2-3-11-21)17-12-14(20)7-10-18(17)22-19/h5-10,12,22H,2-4,11,21H2,1H3. The molecule has 0 bridgehead atoms. The van der Waals surface area contributed by atoms with E-state index in [1.165, 1.54) is 27.7 Å². The second-order valence-electron chi connectivity index (χ2n) is 5.64. The highest BCUT2D eigenvalue weighted by Crippen LogP contribution is 2.33. The Morgan fingerprint density at radius 1 is 1.09 bits per heavy atom. The highest BCUT2D eigenvalue weighted by atomic mass is 79.9. The molecular formula is C19H21BrN2O. The lowest BCUT2D eigenvalue weighted by molar-refractivity contribution is 0.415. The van der Waals surface area contributed by atoms with E-state index in [1.54, 1.807) is 7.11 Å². The molecule has 0 saturated carbocycles. The number of benzene rings is 2. The minimum Gasteiger partial charge on any atom is -0.497 e. The van der Waals surface area contributed by atoms with Crippen LogP contribution >= 0.6 is 15.9 Å². The van der Waals surface area contributed by atoms with E-state index in [1.807, 2.05) is 12.1 Å². The number of unbranched alkanes of at least 4 members (excludes halogenated alkanes) is 1. The van der Waals surface area contributed by atoms with E-state index >= 15 is 0 Å². The van der Waals surface area contributed by atoms with E-state index in [-0.39, 0.29) is 0 Å². The summed E-state index contributed by atoms with van der Waals surface area (Å²) < 4.78 is 6.36. The van der Waals surface area contributed by atoms with Crippen molar-refractivity contribution in [3.63, 3.8) is 0 Å². The first kappa shape index (κ1) is 16.1. The largest absolute Gasteiger partial charge is 0.497 e. The van der Waals surface area contributed by atoms with Gasteiger partial charge in [0.05, 0.1) is 7.11 Å². The van der Waals surface area contributed by atoms with Crippen molar-refractivity contribution in [2.24, 2.45) is 5.73 Å². The normalized spacial score (nSPS) is 11.1. The number of H-pyrrole nitrogens is 1. The second-order valence-corrected chi connectivity index (χ2v) is 6.56. The first-order valence-corrected chi connectivity index (χ1v) is 8.67. The summed E-state index contributed by atoms with van der Waals surface area (Å²) in [6, 6.07) is 14.6. The minimum absolute atomic E-state index is 0.740. The smallest absolute Gasteiger partial charge is 0.118 e. The summed E-state index contributed by atoms with van der Waals surface area (Å²) in [5.41, 5.74) is 10.6.